The van der Waals surface area contributed by atoms with Crippen LogP contribution in [0.2, 0.25) is 0 Å². The van der Waals surface area contributed by atoms with Gasteiger partial charge in [0.05, 0.1) is 0 Å². The van der Waals surface area contributed by atoms with Crippen LogP contribution in [0, 0.1) is 0 Å². The number of hydrogen-bond acceptors (Lipinski definition) is 2. The standard InChI is InChI=1S/C6H6ClN.C2H6O/c7-8-6-4-2-1-3-5-6;1-2-3/h1-5,8H;3H,2H2,1H3. The predicted octanol–water partition coefficient (Wildman–Crippen LogP) is 2.25. The summed E-state index contributed by atoms with van der Waals surface area (Å²) in [6.07, 6.45) is 0. The summed E-state index contributed by atoms with van der Waals surface area (Å²) in [5.41, 5.74) is 0.925. The van der Waals surface area contributed by atoms with E-state index in [9.17, 15) is 0 Å². The van der Waals surface area contributed by atoms with E-state index in [1.54, 1.807) is 6.92 Å². The minimum Gasteiger partial charge on any atom is -0.397 e. The van der Waals surface area contributed by atoms with Gasteiger partial charge in [0.25, 0.3) is 0 Å². The molecule has 0 spiro atoms. The molecule has 0 aliphatic carbocycles. The molecular formula is C8H12ClNO. The van der Waals surface area contributed by atoms with Gasteiger partial charge in [-0.25, -0.2) is 0 Å². The van der Waals surface area contributed by atoms with E-state index in [4.69, 9.17) is 16.9 Å². The molecule has 0 amide bonds. The molecule has 0 unspecified atom stereocenters. The van der Waals surface area contributed by atoms with Gasteiger partial charge in [0.15, 0.2) is 0 Å². The first kappa shape index (κ1) is 10.3. The summed E-state index contributed by atoms with van der Waals surface area (Å²) in [6.45, 7) is 1.93. The molecule has 0 heterocycles. The Bertz CT molecular complexity index is 167. The molecule has 3 heteroatoms. The first-order chi connectivity index (χ1) is 5.35. The van der Waals surface area contributed by atoms with E-state index < -0.39 is 0 Å². The quantitative estimate of drug-likeness (QED) is 0.639. The summed E-state index contributed by atoms with van der Waals surface area (Å²) >= 11 is 5.28. The van der Waals surface area contributed by atoms with Crippen LogP contribution in [0.1, 0.15) is 6.92 Å². The summed E-state index contributed by atoms with van der Waals surface area (Å²) < 4.78 is 0. The largest absolute Gasteiger partial charge is 0.397 e. The summed E-state index contributed by atoms with van der Waals surface area (Å²) in [6, 6.07) is 9.58. The van der Waals surface area contributed by atoms with Crippen molar-refractivity contribution in [2.45, 2.75) is 6.92 Å². The average Bonchev–Trinajstić information content (AvgIpc) is 2.08. The van der Waals surface area contributed by atoms with E-state index in [0.717, 1.165) is 5.69 Å². The second-order valence-corrected chi connectivity index (χ2v) is 1.97. The maximum atomic E-state index is 7.57. The molecule has 0 atom stereocenters. The minimum absolute atomic E-state index is 0.250. The third-order valence-electron chi connectivity index (χ3n) is 0.883. The number of aliphatic hydroxyl groups is 1. The van der Waals surface area contributed by atoms with Gasteiger partial charge in [-0.1, -0.05) is 18.2 Å². The van der Waals surface area contributed by atoms with Crippen molar-refractivity contribution in [2.24, 2.45) is 0 Å². The van der Waals surface area contributed by atoms with Crippen LogP contribution >= 0.6 is 11.8 Å². The van der Waals surface area contributed by atoms with Crippen LogP contribution in [0.5, 0.6) is 0 Å². The van der Waals surface area contributed by atoms with Crippen molar-refractivity contribution in [3.8, 4) is 0 Å². The Labute approximate surface area is 71.9 Å². The molecule has 0 radical (unpaired) electrons. The maximum absolute atomic E-state index is 7.57. The highest BCUT2D eigenvalue weighted by Gasteiger charge is 1.79. The van der Waals surface area contributed by atoms with Crippen LogP contribution < -0.4 is 4.84 Å². The van der Waals surface area contributed by atoms with Crippen LogP contribution in [0.4, 0.5) is 5.69 Å². The second kappa shape index (κ2) is 7.38. The van der Waals surface area contributed by atoms with E-state index in [-0.39, 0.29) is 6.61 Å². The highest BCUT2D eigenvalue weighted by Crippen LogP contribution is 2.04. The molecule has 0 aromatic heterocycles. The monoisotopic (exact) mass is 173 g/mol. The van der Waals surface area contributed by atoms with Gasteiger partial charge in [-0.05, 0) is 19.1 Å². The second-order valence-electron chi connectivity index (χ2n) is 1.78. The Morgan fingerprint density at radius 1 is 1.36 bits per heavy atom. The van der Waals surface area contributed by atoms with Crippen molar-refractivity contribution in [2.75, 3.05) is 11.4 Å². The number of para-hydroxylation sites is 1. The van der Waals surface area contributed by atoms with Crippen LogP contribution in [-0.4, -0.2) is 11.7 Å². The third-order valence-corrected chi connectivity index (χ3v) is 1.10. The molecule has 2 N–H and O–H groups in total. The molecule has 1 rings (SSSR count). The summed E-state index contributed by atoms with van der Waals surface area (Å²) in [5.74, 6) is 0. The number of aliphatic hydroxyl groups excluding tert-OH is 1. The molecule has 0 aliphatic rings. The normalized spacial score (nSPS) is 7.91. The first-order valence-corrected chi connectivity index (χ1v) is 3.75. The summed E-state index contributed by atoms with van der Waals surface area (Å²) in [4.78, 5) is 2.50. The van der Waals surface area contributed by atoms with Gasteiger partial charge < -0.3 is 5.11 Å². The Hall–Kier alpha value is -0.730. The van der Waals surface area contributed by atoms with Crippen LogP contribution in [0.25, 0.3) is 0 Å². The lowest BCUT2D eigenvalue weighted by Crippen LogP contribution is -1.75. The van der Waals surface area contributed by atoms with Crippen LogP contribution in [0.15, 0.2) is 30.3 Å². The van der Waals surface area contributed by atoms with Gasteiger partial charge in [0.2, 0.25) is 0 Å². The molecule has 0 fully saturated rings. The van der Waals surface area contributed by atoms with Crippen molar-refractivity contribution >= 4 is 17.5 Å². The molecule has 0 bridgehead atoms. The molecule has 0 aliphatic heterocycles. The fourth-order valence-corrected chi connectivity index (χ4v) is 0.627. The zero-order chi connectivity index (χ0) is 8.53. The van der Waals surface area contributed by atoms with Crippen molar-refractivity contribution in [1.82, 2.24) is 0 Å². The SMILES string of the molecule is CCO.ClNc1ccccc1. The topological polar surface area (TPSA) is 32.3 Å². The fraction of sp³-hybridized carbons (Fsp3) is 0.250. The van der Waals surface area contributed by atoms with Crippen LogP contribution in [0.3, 0.4) is 0 Å². The first-order valence-electron chi connectivity index (χ1n) is 3.37. The number of anilines is 1. The van der Waals surface area contributed by atoms with Gasteiger partial charge in [0.1, 0.15) is 0 Å². The smallest absolute Gasteiger partial charge is 0.0491 e. The molecule has 62 valence electrons. The predicted molar refractivity (Wildman–Crippen MR) is 48.7 cm³/mol. The zero-order valence-corrected chi connectivity index (χ0v) is 7.17. The van der Waals surface area contributed by atoms with E-state index in [2.05, 4.69) is 4.84 Å². The molecule has 11 heavy (non-hydrogen) atoms. The average molecular weight is 174 g/mol. The van der Waals surface area contributed by atoms with E-state index in [1.165, 1.54) is 0 Å². The lowest BCUT2D eigenvalue weighted by atomic mass is 10.3. The van der Waals surface area contributed by atoms with Gasteiger partial charge in [-0.2, -0.15) is 0 Å². The van der Waals surface area contributed by atoms with Gasteiger partial charge in [-0.15, -0.1) is 0 Å². The number of hydrogen-bond donors (Lipinski definition) is 2. The Morgan fingerprint density at radius 3 is 2.09 bits per heavy atom. The summed E-state index contributed by atoms with van der Waals surface area (Å²) in [7, 11) is 0. The number of rotatable bonds is 1. The van der Waals surface area contributed by atoms with Gasteiger partial charge in [0, 0.05) is 24.1 Å². The minimum atomic E-state index is 0.250. The van der Waals surface area contributed by atoms with Gasteiger partial charge in [-0.3, -0.25) is 4.84 Å². The molecule has 2 nitrogen and oxygen atoms in total. The van der Waals surface area contributed by atoms with Crippen LogP contribution in [-0.2, 0) is 0 Å². The molecule has 1 aromatic carbocycles. The Morgan fingerprint density at radius 2 is 1.82 bits per heavy atom. The van der Waals surface area contributed by atoms with Gasteiger partial charge >= 0.3 is 0 Å². The fourth-order valence-electron chi connectivity index (χ4n) is 0.501. The lowest BCUT2D eigenvalue weighted by molar-refractivity contribution is 0.318. The Kier molecular flexibility index (Phi) is 6.89. The molecule has 0 saturated carbocycles. The van der Waals surface area contributed by atoms with E-state index >= 15 is 0 Å². The zero-order valence-electron chi connectivity index (χ0n) is 6.42. The number of halogens is 1. The molecule has 0 saturated heterocycles. The highest BCUT2D eigenvalue weighted by molar-refractivity contribution is 6.23. The van der Waals surface area contributed by atoms with Crippen molar-refractivity contribution in [3.63, 3.8) is 0 Å². The summed E-state index contributed by atoms with van der Waals surface area (Å²) in [5, 5.41) is 7.57. The van der Waals surface area contributed by atoms with E-state index in [0.29, 0.717) is 0 Å². The molecule has 1 aromatic rings. The lowest BCUT2D eigenvalue weighted by Gasteiger charge is -1.91. The van der Waals surface area contributed by atoms with Crippen molar-refractivity contribution < 1.29 is 5.11 Å². The number of nitrogens with one attached hydrogen (secondary N) is 1. The highest BCUT2D eigenvalue weighted by atomic mass is 35.5. The Balaban J connectivity index is 0.000000292. The van der Waals surface area contributed by atoms with Crippen molar-refractivity contribution in [1.29, 1.82) is 0 Å². The third kappa shape index (κ3) is 5.70. The molecular weight excluding hydrogens is 162 g/mol. The van der Waals surface area contributed by atoms with Crippen molar-refractivity contribution in [3.05, 3.63) is 30.3 Å². The van der Waals surface area contributed by atoms with E-state index in [1.807, 2.05) is 30.3 Å². The maximum Gasteiger partial charge on any atom is 0.0491 e. The number of benzene rings is 1.